The standard InChI is InChI=1S/C14H20BrNO4/c1-14(2,3)20-13(19)16-8-11(17)12(18)9-5-4-6-10(15)7-9/h4-7,11-12,17-18H,8H2,1-3H3,(H,16,19). The van der Waals surface area contributed by atoms with Crippen LogP contribution >= 0.6 is 15.9 Å². The first-order valence-corrected chi connectivity index (χ1v) is 7.07. The topological polar surface area (TPSA) is 78.8 Å². The van der Waals surface area contributed by atoms with E-state index in [1.807, 2.05) is 6.07 Å². The number of hydrogen-bond acceptors (Lipinski definition) is 4. The van der Waals surface area contributed by atoms with E-state index in [1.165, 1.54) is 0 Å². The highest BCUT2D eigenvalue weighted by molar-refractivity contribution is 9.10. The number of amides is 1. The number of ether oxygens (including phenoxy) is 1. The van der Waals surface area contributed by atoms with E-state index in [0.29, 0.717) is 5.56 Å². The van der Waals surface area contributed by atoms with Gasteiger partial charge in [-0.2, -0.15) is 0 Å². The average Bonchev–Trinajstić information content (AvgIpc) is 2.33. The molecule has 0 aromatic heterocycles. The molecule has 0 radical (unpaired) electrons. The van der Waals surface area contributed by atoms with Gasteiger partial charge in [-0.1, -0.05) is 28.1 Å². The zero-order valence-electron chi connectivity index (χ0n) is 11.8. The van der Waals surface area contributed by atoms with Crippen LogP contribution in [0.4, 0.5) is 4.79 Å². The molecule has 1 amide bonds. The number of halogens is 1. The zero-order chi connectivity index (χ0) is 15.3. The molecule has 0 saturated carbocycles. The molecule has 2 unspecified atom stereocenters. The predicted molar refractivity (Wildman–Crippen MR) is 79.3 cm³/mol. The zero-order valence-corrected chi connectivity index (χ0v) is 13.3. The number of carbonyl (C=O) groups is 1. The fourth-order valence-corrected chi connectivity index (χ4v) is 1.94. The Balaban J connectivity index is 2.50. The molecule has 6 heteroatoms. The van der Waals surface area contributed by atoms with Crippen molar-refractivity contribution in [1.29, 1.82) is 0 Å². The highest BCUT2D eigenvalue weighted by Gasteiger charge is 2.21. The molecule has 1 aromatic rings. The molecule has 0 spiro atoms. The lowest BCUT2D eigenvalue weighted by atomic mass is 10.0. The van der Waals surface area contributed by atoms with Gasteiger partial charge in [0.25, 0.3) is 0 Å². The maximum absolute atomic E-state index is 11.4. The average molecular weight is 346 g/mol. The number of aliphatic hydroxyl groups is 2. The summed E-state index contributed by atoms with van der Waals surface area (Å²) in [7, 11) is 0. The monoisotopic (exact) mass is 345 g/mol. The van der Waals surface area contributed by atoms with Crippen LogP contribution in [0.2, 0.25) is 0 Å². The van der Waals surface area contributed by atoms with Gasteiger partial charge < -0.3 is 20.3 Å². The molecule has 0 fully saturated rings. The summed E-state index contributed by atoms with van der Waals surface area (Å²) in [6, 6.07) is 6.99. The molecule has 20 heavy (non-hydrogen) atoms. The van der Waals surface area contributed by atoms with Crippen molar-refractivity contribution >= 4 is 22.0 Å². The first-order valence-electron chi connectivity index (χ1n) is 6.27. The van der Waals surface area contributed by atoms with Crippen molar-refractivity contribution < 1.29 is 19.7 Å². The van der Waals surface area contributed by atoms with Crippen LogP contribution in [0.15, 0.2) is 28.7 Å². The van der Waals surface area contributed by atoms with Crippen molar-refractivity contribution in [3.05, 3.63) is 34.3 Å². The number of carbonyl (C=O) groups excluding carboxylic acids is 1. The first-order chi connectivity index (χ1) is 9.19. The Hall–Kier alpha value is -1.11. The van der Waals surface area contributed by atoms with Crippen molar-refractivity contribution in [1.82, 2.24) is 5.32 Å². The normalized spacial score (nSPS) is 14.5. The largest absolute Gasteiger partial charge is 0.444 e. The van der Waals surface area contributed by atoms with Gasteiger partial charge in [-0.25, -0.2) is 4.79 Å². The second-order valence-corrected chi connectivity index (χ2v) is 6.37. The summed E-state index contributed by atoms with van der Waals surface area (Å²) in [5.41, 5.74) is -0.0318. The number of nitrogens with one attached hydrogen (secondary N) is 1. The van der Waals surface area contributed by atoms with E-state index in [-0.39, 0.29) is 6.54 Å². The highest BCUT2D eigenvalue weighted by atomic mass is 79.9. The second kappa shape index (κ2) is 7.06. The Labute approximate surface area is 127 Å². The second-order valence-electron chi connectivity index (χ2n) is 5.45. The van der Waals surface area contributed by atoms with Crippen LogP contribution in [0.5, 0.6) is 0 Å². The van der Waals surface area contributed by atoms with Crippen LogP contribution in [-0.2, 0) is 4.74 Å². The van der Waals surface area contributed by atoms with Gasteiger partial charge in [0.1, 0.15) is 17.8 Å². The van der Waals surface area contributed by atoms with Crippen molar-refractivity contribution in [3.63, 3.8) is 0 Å². The molecule has 5 nitrogen and oxygen atoms in total. The minimum Gasteiger partial charge on any atom is -0.444 e. The van der Waals surface area contributed by atoms with Gasteiger partial charge in [-0.3, -0.25) is 0 Å². The van der Waals surface area contributed by atoms with Crippen LogP contribution in [-0.4, -0.2) is 34.6 Å². The summed E-state index contributed by atoms with van der Waals surface area (Å²) in [4.78, 5) is 11.4. The van der Waals surface area contributed by atoms with Gasteiger partial charge in [0.15, 0.2) is 0 Å². The van der Waals surface area contributed by atoms with Gasteiger partial charge >= 0.3 is 6.09 Å². The maximum atomic E-state index is 11.4. The molecule has 0 aliphatic heterocycles. The summed E-state index contributed by atoms with van der Waals surface area (Å²) in [5.74, 6) is 0. The molecular formula is C14H20BrNO4. The Morgan fingerprint density at radius 2 is 2.05 bits per heavy atom. The van der Waals surface area contributed by atoms with E-state index in [1.54, 1.807) is 39.0 Å². The summed E-state index contributed by atoms with van der Waals surface area (Å²) in [5, 5.41) is 22.3. The van der Waals surface area contributed by atoms with Gasteiger partial charge in [-0.15, -0.1) is 0 Å². The Kier molecular flexibility index (Phi) is 5.98. The number of hydrogen-bond donors (Lipinski definition) is 3. The van der Waals surface area contributed by atoms with E-state index in [4.69, 9.17) is 4.74 Å². The minimum atomic E-state index is -1.11. The van der Waals surface area contributed by atoms with Crippen LogP contribution in [0.1, 0.15) is 32.4 Å². The molecule has 0 saturated heterocycles. The van der Waals surface area contributed by atoms with E-state index < -0.39 is 23.9 Å². The Bertz CT molecular complexity index is 459. The lowest BCUT2D eigenvalue weighted by Crippen LogP contribution is -2.38. The SMILES string of the molecule is CC(C)(C)OC(=O)NCC(O)C(O)c1cccc(Br)c1. The fraction of sp³-hybridized carbons (Fsp3) is 0.500. The molecule has 112 valence electrons. The third-order valence-corrected chi connectivity index (χ3v) is 2.90. The molecule has 1 aromatic carbocycles. The summed E-state index contributed by atoms with van der Waals surface area (Å²) in [6.07, 6.45) is -2.82. The van der Waals surface area contributed by atoms with Gasteiger partial charge in [0.05, 0.1) is 0 Å². The molecule has 0 bridgehead atoms. The molecule has 0 aliphatic carbocycles. The van der Waals surface area contributed by atoms with Crippen molar-refractivity contribution in [2.45, 2.75) is 38.6 Å². The van der Waals surface area contributed by atoms with Crippen LogP contribution in [0, 0.1) is 0 Å². The highest BCUT2D eigenvalue weighted by Crippen LogP contribution is 2.20. The van der Waals surface area contributed by atoms with Crippen LogP contribution in [0.25, 0.3) is 0 Å². The summed E-state index contributed by atoms with van der Waals surface area (Å²) < 4.78 is 5.85. The summed E-state index contributed by atoms with van der Waals surface area (Å²) >= 11 is 3.29. The third-order valence-electron chi connectivity index (χ3n) is 2.41. The number of aliphatic hydroxyl groups excluding tert-OH is 2. The van der Waals surface area contributed by atoms with Crippen molar-refractivity contribution in [2.75, 3.05) is 6.54 Å². The predicted octanol–water partition coefficient (Wildman–Crippen LogP) is 2.37. The van der Waals surface area contributed by atoms with Crippen molar-refractivity contribution in [2.24, 2.45) is 0 Å². The molecule has 3 N–H and O–H groups in total. The Morgan fingerprint density at radius 3 is 2.60 bits per heavy atom. The molecule has 1 rings (SSSR count). The number of rotatable bonds is 4. The third kappa shape index (κ3) is 5.90. The molecular weight excluding hydrogens is 326 g/mol. The maximum Gasteiger partial charge on any atom is 0.407 e. The smallest absolute Gasteiger partial charge is 0.407 e. The number of benzene rings is 1. The van der Waals surface area contributed by atoms with Crippen LogP contribution in [0.3, 0.4) is 0 Å². The minimum absolute atomic E-state index is 0.0946. The fourth-order valence-electron chi connectivity index (χ4n) is 1.53. The van der Waals surface area contributed by atoms with E-state index in [9.17, 15) is 15.0 Å². The van der Waals surface area contributed by atoms with E-state index in [2.05, 4.69) is 21.2 Å². The number of alkyl carbamates (subject to hydrolysis) is 1. The van der Waals surface area contributed by atoms with Gasteiger partial charge in [0.2, 0.25) is 0 Å². The van der Waals surface area contributed by atoms with E-state index >= 15 is 0 Å². The molecule has 2 atom stereocenters. The van der Waals surface area contributed by atoms with Gasteiger partial charge in [0, 0.05) is 11.0 Å². The lowest BCUT2D eigenvalue weighted by molar-refractivity contribution is 0.0129. The van der Waals surface area contributed by atoms with Crippen LogP contribution < -0.4 is 5.32 Å². The first kappa shape index (κ1) is 16.9. The summed E-state index contributed by atoms with van der Waals surface area (Å²) in [6.45, 7) is 5.15. The Morgan fingerprint density at radius 1 is 1.40 bits per heavy atom. The van der Waals surface area contributed by atoms with Gasteiger partial charge in [-0.05, 0) is 38.5 Å². The quantitative estimate of drug-likeness (QED) is 0.782. The van der Waals surface area contributed by atoms with E-state index in [0.717, 1.165) is 4.47 Å². The molecule has 0 heterocycles. The van der Waals surface area contributed by atoms with Crippen molar-refractivity contribution in [3.8, 4) is 0 Å². The lowest BCUT2D eigenvalue weighted by Gasteiger charge is -2.22. The molecule has 0 aliphatic rings.